The Kier molecular flexibility index (Phi) is 4.11. The molecular formula is C14H28N2O. The molecule has 3 unspecified atom stereocenters. The Bertz CT molecular complexity index is 245. The van der Waals surface area contributed by atoms with Crippen molar-refractivity contribution < 1.29 is 5.11 Å². The molecule has 0 saturated carbocycles. The van der Waals surface area contributed by atoms with Crippen LogP contribution in [0.5, 0.6) is 0 Å². The van der Waals surface area contributed by atoms with E-state index in [-0.39, 0.29) is 6.10 Å². The monoisotopic (exact) mass is 240 g/mol. The maximum Gasteiger partial charge on any atom is 0.0570 e. The number of nitrogens with one attached hydrogen (secondary N) is 1. The zero-order chi connectivity index (χ0) is 12.5. The molecule has 2 fully saturated rings. The normalized spacial score (nSPS) is 37.1. The first-order valence-corrected chi connectivity index (χ1v) is 7.16. The second kappa shape index (κ2) is 5.25. The number of piperidine rings is 1. The number of aliphatic hydroxyl groups excluding tert-OH is 1. The van der Waals surface area contributed by atoms with Crippen LogP contribution in [-0.4, -0.2) is 48.3 Å². The van der Waals surface area contributed by atoms with E-state index >= 15 is 0 Å². The number of fused-ring (bicyclic) bond motifs is 2. The summed E-state index contributed by atoms with van der Waals surface area (Å²) in [7, 11) is 2.04. The topological polar surface area (TPSA) is 35.5 Å². The molecule has 2 saturated heterocycles. The van der Waals surface area contributed by atoms with Crippen molar-refractivity contribution in [1.29, 1.82) is 0 Å². The Morgan fingerprint density at radius 3 is 2.35 bits per heavy atom. The molecule has 0 aromatic rings. The van der Waals surface area contributed by atoms with Crippen molar-refractivity contribution in [2.45, 2.75) is 64.1 Å². The number of rotatable bonds is 5. The van der Waals surface area contributed by atoms with Gasteiger partial charge in [-0.1, -0.05) is 13.8 Å². The summed E-state index contributed by atoms with van der Waals surface area (Å²) in [5.41, 5.74) is 0.373. The molecule has 2 rings (SSSR count). The zero-order valence-corrected chi connectivity index (χ0v) is 11.6. The second-order valence-corrected chi connectivity index (χ2v) is 6.38. The summed E-state index contributed by atoms with van der Waals surface area (Å²) in [5, 5.41) is 13.2. The molecule has 3 heteroatoms. The van der Waals surface area contributed by atoms with Crippen LogP contribution in [0.3, 0.4) is 0 Å². The third kappa shape index (κ3) is 2.83. The third-order valence-corrected chi connectivity index (χ3v) is 4.88. The average Bonchev–Trinajstić information content (AvgIpc) is 2.52. The molecule has 0 spiro atoms. The predicted octanol–water partition coefficient (Wildman–Crippen LogP) is 1.61. The average molecular weight is 240 g/mol. The molecule has 2 bridgehead atoms. The molecule has 0 aromatic heterocycles. The van der Waals surface area contributed by atoms with Crippen molar-refractivity contribution >= 4 is 0 Å². The Balaban J connectivity index is 1.99. The van der Waals surface area contributed by atoms with E-state index in [1.54, 1.807) is 0 Å². The van der Waals surface area contributed by atoms with Crippen LogP contribution in [0.2, 0.25) is 0 Å². The van der Waals surface area contributed by atoms with Crippen LogP contribution in [0.25, 0.3) is 0 Å². The fourth-order valence-electron chi connectivity index (χ4n) is 3.66. The van der Waals surface area contributed by atoms with Gasteiger partial charge in [-0.25, -0.2) is 0 Å². The van der Waals surface area contributed by atoms with E-state index in [2.05, 4.69) is 24.1 Å². The van der Waals surface area contributed by atoms with Crippen LogP contribution in [0.1, 0.15) is 46.0 Å². The summed E-state index contributed by atoms with van der Waals surface area (Å²) >= 11 is 0. The zero-order valence-electron chi connectivity index (χ0n) is 11.6. The lowest BCUT2D eigenvalue weighted by Gasteiger charge is -2.42. The molecule has 2 heterocycles. The molecular weight excluding hydrogens is 212 g/mol. The molecule has 2 aliphatic heterocycles. The summed E-state index contributed by atoms with van der Waals surface area (Å²) in [6, 6.07) is 1.29. The van der Waals surface area contributed by atoms with Gasteiger partial charge < -0.3 is 10.4 Å². The van der Waals surface area contributed by atoms with E-state index in [1.165, 1.54) is 25.8 Å². The van der Waals surface area contributed by atoms with Gasteiger partial charge in [-0.2, -0.15) is 0 Å². The van der Waals surface area contributed by atoms with Crippen LogP contribution < -0.4 is 5.32 Å². The number of hydrogen-bond donors (Lipinski definition) is 2. The maximum atomic E-state index is 9.83. The predicted molar refractivity (Wildman–Crippen MR) is 71.1 cm³/mol. The molecule has 0 aliphatic carbocycles. The van der Waals surface area contributed by atoms with Crippen molar-refractivity contribution in [3.8, 4) is 0 Å². The van der Waals surface area contributed by atoms with Gasteiger partial charge in [-0.05, 0) is 44.6 Å². The van der Waals surface area contributed by atoms with Gasteiger partial charge in [0.15, 0.2) is 0 Å². The molecule has 0 aromatic carbocycles. The van der Waals surface area contributed by atoms with E-state index in [0.29, 0.717) is 17.5 Å². The Morgan fingerprint density at radius 1 is 1.29 bits per heavy atom. The highest BCUT2D eigenvalue weighted by molar-refractivity contribution is 4.97. The highest BCUT2D eigenvalue weighted by Gasteiger charge is 2.42. The SMILES string of the molecule is CCC(C)(CNC)CN1C2CCC1CC(O)C2. The minimum absolute atomic E-state index is 0.0408. The molecule has 3 atom stereocenters. The quantitative estimate of drug-likeness (QED) is 0.766. The minimum atomic E-state index is -0.0408. The lowest BCUT2D eigenvalue weighted by molar-refractivity contribution is 0.0122. The number of hydrogen-bond acceptors (Lipinski definition) is 3. The third-order valence-electron chi connectivity index (χ3n) is 4.88. The molecule has 2 N–H and O–H groups in total. The van der Waals surface area contributed by atoms with Gasteiger partial charge in [0, 0.05) is 25.2 Å². The fraction of sp³-hybridized carbons (Fsp3) is 1.00. The summed E-state index contributed by atoms with van der Waals surface area (Å²) in [6.07, 6.45) is 5.75. The highest BCUT2D eigenvalue weighted by atomic mass is 16.3. The van der Waals surface area contributed by atoms with Crippen LogP contribution in [0, 0.1) is 5.41 Å². The van der Waals surface area contributed by atoms with E-state index in [1.807, 2.05) is 7.05 Å². The molecule has 100 valence electrons. The van der Waals surface area contributed by atoms with Crippen LogP contribution >= 0.6 is 0 Å². The molecule has 0 radical (unpaired) electrons. The second-order valence-electron chi connectivity index (χ2n) is 6.38. The van der Waals surface area contributed by atoms with E-state index < -0.39 is 0 Å². The van der Waals surface area contributed by atoms with Gasteiger partial charge in [-0.15, -0.1) is 0 Å². The van der Waals surface area contributed by atoms with Crippen molar-refractivity contribution in [1.82, 2.24) is 10.2 Å². The van der Waals surface area contributed by atoms with Gasteiger partial charge in [0.2, 0.25) is 0 Å². The van der Waals surface area contributed by atoms with Gasteiger partial charge in [0.25, 0.3) is 0 Å². The van der Waals surface area contributed by atoms with E-state index in [9.17, 15) is 5.11 Å². The van der Waals surface area contributed by atoms with Crippen LogP contribution in [0.15, 0.2) is 0 Å². The van der Waals surface area contributed by atoms with Gasteiger partial charge >= 0.3 is 0 Å². The smallest absolute Gasteiger partial charge is 0.0570 e. The van der Waals surface area contributed by atoms with Crippen molar-refractivity contribution in [2.75, 3.05) is 20.1 Å². The van der Waals surface area contributed by atoms with Crippen LogP contribution in [-0.2, 0) is 0 Å². The molecule has 17 heavy (non-hydrogen) atoms. The van der Waals surface area contributed by atoms with Gasteiger partial charge in [0.1, 0.15) is 0 Å². The first-order chi connectivity index (χ1) is 8.08. The van der Waals surface area contributed by atoms with Crippen LogP contribution in [0.4, 0.5) is 0 Å². The molecule has 2 aliphatic rings. The highest BCUT2D eigenvalue weighted by Crippen LogP contribution is 2.38. The first kappa shape index (κ1) is 13.3. The summed E-state index contributed by atoms with van der Waals surface area (Å²) in [6.45, 7) is 6.94. The molecule has 0 amide bonds. The van der Waals surface area contributed by atoms with Crippen molar-refractivity contribution in [2.24, 2.45) is 5.41 Å². The Hall–Kier alpha value is -0.120. The summed E-state index contributed by atoms with van der Waals surface area (Å²) in [4.78, 5) is 2.69. The Labute approximate surface area is 106 Å². The first-order valence-electron chi connectivity index (χ1n) is 7.16. The number of aliphatic hydroxyl groups is 1. The maximum absolute atomic E-state index is 9.83. The Morgan fingerprint density at radius 2 is 1.88 bits per heavy atom. The molecule has 3 nitrogen and oxygen atoms in total. The minimum Gasteiger partial charge on any atom is -0.393 e. The van der Waals surface area contributed by atoms with Crippen molar-refractivity contribution in [3.05, 3.63) is 0 Å². The largest absolute Gasteiger partial charge is 0.393 e. The summed E-state index contributed by atoms with van der Waals surface area (Å²) in [5.74, 6) is 0. The number of nitrogens with zero attached hydrogens (tertiary/aromatic N) is 1. The standard InChI is InChI=1S/C14H28N2O/c1-4-14(2,9-15-3)10-16-11-5-6-12(16)8-13(17)7-11/h11-13,15,17H,4-10H2,1-3H3. The lowest BCUT2D eigenvalue weighted by atomic mass is 9.85. The summed E-state index contributed by atoms with van der Waals surface area (Å²) < 4.78 is 0. The lowest BCUT2D eigenvalue weighted by Crippen LogP contribution is -2.50. The van der Waals surface area contributed by atoms with E-state index in [4.69, 9.17) is 0 Å². The van der Waals surface area contributed by atoms with Gasteiger partial charge in [-0.3, -0.25) is 4.90 Å². The van der Waals surface area contributed by atoms with Gasteiger partial charge in [0.05, 0.1) is 6.10 Å². The van der Waals surface area contributed by atoms with E-state index in [0.717, 1.165) is 19.4 Å². The fourth-order valence-corrected chi connectivity index (χ4v) is 3.66. The van der Waals surface area contributed by atoms with Crippen molar-refractivity contribution in [3.63, 3.8) is 0 Å².